The molecule has 4 atom stereocenters. The fraction of sp³-hybridized carbons (Fsp3) is 0.581. The topological polar surface area (TPSA) is 124 Å². The van der Waals surface area contributed by atoms with Gasteiger partial charge in [-0.15, -0.1) is 0 Å². The van der Waals surface area contributed by atoms with Gasteiger partial charge in [0.25, 0.3) is 0 Å². The van der Waals surface area contributed by atoms with E-state index in [2.05, 4.69) is 77.6 Å². The Bertz CT molecular complexity index is 2130. The summed E-state index contributed by atoms with van der Waals surface area (Å²) in [4.78, 5) is 25.5. The maximum atomic E-state index is 6.69. The second-order valence-electron chi connectivity index (χ2n) is 17.7. The van der Waals surface area contributed by atoms with Crippen LogP contribution >= 0.6 is 0 Å². The molecule has 4 heterocycles. The van der Waals surface area contributed by atoms with E-state index in [4.69, 9.17) is 33.9 Å². The van der Waals surface area contributed by atoms with Gasteiger partial charge in [-0.3, -0.25) is 4.90 Å². The average Bonchev–Trinajstić information content (AvgIpc) is 3.90. The summed E-state index contributed by atoms with van der Waals surface area (Å²) < 4.78 is 26.5. The number of nitrogens with zero attached hydrogens (tertiary/aromatic N) is 6. The predicted octanol–water partition coefficient (Wildman–Crippen LogP) is 7.83. The van der Waals surface area contributed by atoms with Crippen LogP contribution in [0.15, 0.2) is 49.1 Å². The van der Waals surface area contributed by atoms with Crippen LogP contribution in [0.1, 0.15) is 97.1 Å². The lowest BCUT2D eigenvalue weighted by Gasteiger charge is -2.46. The van der Waals surface area contributed by atoms with Crippen molar-refractivity contribution in [3.8, 4) is 11.5 Å². The van der Waals surface area contributed by atoms with Crippen LogP contribution in [0, 0.1) is 11.8 Å². The van der Waals surface area contributed by atoms with Gasteiger partial charge in [0.1, 0.15) is 35.3 Å². The summed E-state index contributed by atoms with van der Waals surface area (Å²) in [6.45, 7) is 17.0. The molecule has 0 bridgehead atoms. The molecule has 0 unspecified atom stereocenters. The van der Waals surface area contributed by atoms with Crippen molar-refractivity contribution in [3.05, 3.63) is 66.0 Å². The van der Waals surface area contributed by atoms with E-state index in [0.717, 1.165) is 70.9 Å². The number of aromatic nitrogens is 6. The van der Waals surface area contributed by atoms with E-state index in [1.165, 1.54) is 18.4 Å². The first-order valence-corrected chi connectivity index (χ1v) is 20.0. The van der Waals surface area contributed by atoms with Gasteiger partial charge in [0, 0.05) is 49.1 Å². The lowest BCUT2D eigenvalue weighted by atomic mass is 9.76. The number of rotatable bonds is 13. The fourth-order valence-corrected chi connectivity index (χ4v) is 9.15. The van der Waals surface area contributed by atoms with Crippen LogP contribution < -0.4 is 14.8 Å². The second-order valence-corrected chi connectivity index (χ2v) is 17.7. The first-order chi connectivity index (χ1) is 26.3. The van der Waals surface area contributed by atoms with Gasteiger partial charge in [0.2, 0.25) is 0 Å². The monoisotopic (exact) mass is 750 g/mol. The van der Waals surface area contributed by atoms with Crippen LogP contribution in [-0.4, -0.2) is 85.2 Å². The highest BCUT2D eigenvalue weighted by molar-refractivity contribution is 5.82. The number of fused-ring (bicyclic) bond motifs is 3. The van der Waals surface area contributed by atoms with Gasteiger partial charge in [-0.1, -0.05) is 26.8 Å². The summed E-state index contributed by atoms with van der Waals surface area (Å²) >= 11 is 0. The molecule has 3 aromatic heterocycles. The molecule has 1 aliphatic heterocycles. The molecule has 2 aliphatic carbocycles. The quantitative estimate of drug-likeness (QED) is 0.123. The summed E-state index contributed by atoms with van der Waals surface area (Å²) in [6, 6.07) is 13.5. The molecular formula is C43H58N8O4. The minimum atomic E-state index is -0.656. The van der Waals surface area contributed by atoms with Crippen LogP contribution in [0.25, 0.3) is 22.2 Å². The van der Waals surface area contributed by atoms with Crippen molar-refractivity contribution in [2.45, 2.75) is 129 Å². The zero-order chi connectivity index (χ0) is 38.6. The van der Waals surface area contributed by atoms with E-state index in [1.54, 1.807) is 20.5 Å². The molecule has 0 amide bonds. The largest absolute Gasteiger partial charge is 0.497 e. The molecule has 0 radical (unpaired) electrons. The maximum absolute atomic E-state index is 6.69. The minimum absolute atomic E-state index is 0.0107. The van der Waals surface area contributed by atoms with Crippen LogP contribution in [0.2, 0.25) is 0 Å². The number of imidazole rings is 2. The van der Waals surface area contributed by atoms with E-state index in [9.17, 15) is 0 Å². The van der Waals surface area contributed by atoms with Gasteiger partial charge in [-0.05, 0) is 94.5 Å². The smallest absolute Gasteiger partial charge is 0.165 e. The molecule has 0 spiro atoms. The third-order valence-electron chi connectivity index (χ3n) is 12.2. The Balaban J connectivity index is 0.932. The first-order valence-electron chi connectivity index (χ1n) is 20.0. The highest BCUT2D eigenvalue weighted by Gasteiger charge is 2.55. The Hall–Kier alpha value is -4.26. The number of hydrogen-bond acceptors (Lipinski definition) is 10. The summed E-state index contributed by atoms with van der Waals surface area (Å²) in [7, 11) is 3.31. The number of hydrogen-bond donors (Lipinski definition) is 2. The molecule has 2 N–H and O–H groups in total. The Morgan fingerprint density at radius 1 is 1.00 bits per heavy atom. The number of ether oxygens (including phenoxy) is 4. The Labute approximate surface area is 324 Å². The SMILES string of the molecule is COc1ccc(CNc2ncnc3c2ncn3[C@@H]2C[C@H](CN(C(C)C)C3CC(CCc4nc5cc(C(C)(C)C)ccc5[nH]4)C3)[C@H]3OC(C)(C)O[C@H]32)c(OC)c1. The molecule has 8 rings (SSSR count). The van der Waals surface area contributed by atoms with Crippen molar-refractivity contribution in [1.82, 2.24) is 34.4 Å². The molecule has 294 valence electrons. The first kappa shape index (κ1) is 37.7. The van der Waals surface area contributed by atoms with E-state index >= 15 is 0 Å². The molecule has 12 nitrogen and oxygen atoms in total. The van der Waals surface area contributed by atoms with Gasteiger partial charge in [0.15, 0.2) is 17.3 Å². The summed E-state index contributed by atoms with van der Waals surface area (Å²) in [5.74, 6) is 3.64. The van der Waals surface area contributed by atoms with Crippen molar-refractivity contribution >= 4 is 28.0 Å². The summed E-state index contributed by atoms with van der Waals surface area (Å²) in [5, 5.41) is 3.47. The molecule has 2 saturated carbocycles. The molecule has 2 aromatic carbocycles. The lowest BCUT2D eigenvalue weighted by Crippen LogP contribution is -2.51. The van der Waals surface area contributed by atoms with Gasteiger partial charge >= 0.3 is 0 Å². The number of benzene rings is 2. The zero-order valence-electron chi connectivity index (χ0n) is 33.9. The van der Waals surface area contributed by atoms with Gasteiger partial charge < -0.3 is 33.8 Å². The number of methoxy groups -OCH3 is 2. The van der Waals surface area contributed by atoms with Crippen molar-refractivity contribution in [2.75, 3.05) is 26.1 Å². The van der Waals surface area contributed by atoms with E-state index in [1.807, 2.05) is 38.4 Å². The van der Waals surface area contributed by atoms with E-state index in [-0.39, 0.29) is 23.7 Å². The van der Waals surface area contributed by atoms with Crippen molar-refractivity contribution in [1.29, 1.82) is 0 Å². The van der Waals surface area contributed by atoms with Crippen LogP contribution in [0.3, 0.4) is 0 Å². The Morgan fingerprint density at radius 2 is 1.80 bits per heavy atom. The highest BCUT2D eigenvalue weighted by atomic mass is 16.8. The third kappa shape index (κ3) is 7.52. The van der Waals surface area contributed by atoms with Crippen molar-refractivity contribution in [3.63, 3.8) is 0 Å². The van der Waals surface area contributed by atoms with Gasteiger partial charge in [-0.2, -0.15) is 0 Å². The van der Waals surface area contributed by atoms with E-state index < -0.39 is 5.79 Å². The molecule has 3 aliphatic rings. The molecule has 1 saturated heterocycles. The highest BCUT2D eigenvalue weighted by Crippen LogP contribution is 2.49. The molecule has 55 heavy (non-hydrogen) atoms. The number of H-pyrrole nitrogens is 1. The Kier molecular flexibility index (Phi) is 10.0. The Morgan fingerprint density at radius 3 is 2.55 bits per heavy atom. The molecule has 5 aromatic rings. The van der Waals surface area contributed by atoms with E-state index in [0.29, 0.717) is 36.3 Å². The minimum Gasteiger partial charge on any atom is -0.497 e. The van der Waals surface area contributed by atoms with Crippen LogP contribution in [0.4, 0.5) is 5.82 Å². The van der Waals surface area contributed by atoms with Crippen molar-refractivity contribution < 1.29 is 18.9 Å². The predicted molar refractivity (Wildman–Crippen MR) is 215 cm³/mol. The van der Waals surface area contributed by atoms with Gasteiger partial charge in [-0.25, -0.2) is 19.9 Å². The average molecular weight is 751 g/mol. The second kappa shape index (κ2) is 14.7. The fourth-order valence-electron chi connectivity index (χ4n) is 9.15. The molecule has 3 fully saturated rings. The van der Waals surface area contributed by atoms with Crippen molar-refractivity contribution in [2.24, 2.45) is 11.8 Å². The zero-order valence-corrected chi connectivity index (χ0v) is 33.9. The number of nitrogens with one attached hydrogen (secondary N) is 2. The maximum Gasteiger partial charge on any atom is 0.165 e. The van der Waals surface area contributed by atoms with Gasteiger partial charge in [0.05, 0.1) is 43.7 Å². The number of anilines is 1. The number of aryl methyl sites for hydroxylation is 1. The number of aromatic amines is 1. The third-order valence-corrected chi connectivity index (χ3v) is 12.2. The lowest BCUT2D eigenvalue weighted by molar-refractivity contribution is -0.161. The van der Waals surface area contributed by atoms with Crippen LogP contribution in [-0.2, 0) is 27.9 Å². The van der Waals surface area contributed by atoms with Crippen LogP contribution in [0.5, 0.6) is 11.5 Å². The summed E-state index contributed by atoms with van der Waals surface area (Å²) in [5.41, 5.74) is 6.16. The normalized spacial score (nSPS) is 24.9. The summed E-state index contributed by atoms with van der Waals surface area (Å²) in [6.07, 6.45) is 8.93. The molecule has 12 heteroatoms. The molecular weight excluding hydrogens is 693 g/mol. The standard InChI is InChI=1S/C43H58N8O4/c1-25(2)50(30-16-26(17-30)10-15-36-48-32-14-12-29(42(3,4)5)19-33(32)49-36)22-28-18-34(39-38(28)54-43(6,7)55-39)51-24-47-37-40(45-23-46-41(37)51)44-21-27-11-13-31(52-8)20-35(27)53-9/h11-14,19-20,23-26,28,30,34,38-39H,10,15-18,21-22H2,1-9H3,(H,48,49)(H,44,45,46)/t26?,28-,30?,34-,38-,39+/m1/s1.